The number of rotatable bonds is 8. The lowest BCUT2D eigenvalue weighted by atomic mass is 10.1. The van der Waals surface area contributed by atoms with Crippen LogP contribution in [0.2, 0.25) is 0 Å². The summed E-state index contributed by atoms with van der Waals surface area (Å²) in [7, 11) is 0. The first-order chi connectivity index (χ1) is 17.6. The van der Waals surface area contributed by atoms with Crippen LogP contribution in [0.4, 0.5) is 13.2 Å². The number of amides is 1. The van der Waals surface area contributed by atoms with Gasteiger partial charge in [-0.15, -0.1) is 0 Å². The number of aryl methyl sites for hydroxylation is 2. The van der Waals surface area contributed by atoms with Crippen LogP contribution in [0, 0.1) is 19.3 Å². The lowest BCUT2D eigenvalue weighted by molar-refractivity contribution is -0.114. The van der Waals surface area contributed by atoms with Gasteiger partial charge in [0.05, 0.1) is 12.2 Å². The SMILES string of the molecule is CCOc1cc(/C=C2/C(=N)N3N=C(C(F)(F)F)SC3=NC2=O)ccc1OCCOc1ccc(C)cc1C. The molecule has 0 unspecified atom stereocenters. The number of halogens is 3. The molecule has 4 rings (SSSR count). The van der Waals surface area contributed by atoms with Crippen LogP contribution in [-0.2, 0) is 4.79 Å². The predicted octanol–water partition coefficient (Wildman–Crippen LogP) is 5.34. The number of hydrogen-bond donors (Lipinski definition) is 1. The molecule has 0 bridgehead atoms. The lowest BCUT2D eigenvalue weighted by Gasteiger charge is -2.20. The van der Waals surface area contributed by atoms with Crippen LogP contribution in [0.3, 0.4) is 0 Å². The van der Waals surface area contributed by atoms with E-state index in [0.29, 0.717) is 35.3 Å². The van der Waals surface area contributed by atoms with Crippen LogP contribution in [0.25, 0.3) is 6.08 Å². The second-order valence-electron chi connectivity index (χ2n) is 8.03. The number of aliphatic imine (C=N–C) groups is 1. The molecule has 1 amide bonds. The zero-order chi connectivity index (χ0) is 26.7. The number of fused-ring (bicyclic) bond motifs is 1. The maximum Gasteiger partial charge on any atom is 0.441 e. The monoisotopic (exact) mass is 532 g/mol. The Hall–Kier alpha value is -3.80. The van der Waals surface area contributed by atoms with E-state index in [1.807, 2.05) is 32.0 Å². The molecule has 2 aromatic rings. The van der Waals surface area contributed by atoms with Crippen molar-refractivity contribution in [3.8, 4) is 17.2 Å². The Balaban J connectivity index is 1.48. The molecule has 0 aliphatic carbocycles. The van der Waals surface area contributed by atoms with Gasteiger partial charge in [-0.25, -0.2) is 0 Å². The smallest absolute Gasteiger partial charge is 0.441 e. The molecule has 0 saturated heterocycles. The van der Waals surface area contributed by atoms with Gasteiger partial charge in [0.1, 0.15) is 19.0 Å². The van der Waals surface area contributed by atoms with Gasteiger partial charge in [0, 0.05) is 0 Å². The van der Waals surface area contributed by atoms with E-state index in [9.17, 15) is 18.0 Å². The summed E-state index contributed by atoms with van der Waals surface area (Å²) in [5, 5.41) is 10.9. The van der Waals surface area contributed by atoms with Crippen molar-refractivity contribution in [1.82, 2.24) is 5.01 Å². The third-order valence-electron chi connectivity index (χ3n) is 5.20. The molecule has 37 heavy (non-hydrogen) atoms. The number of ether oxygens (including phenoxy) is 3. The lowest BCUT2D eigenvalue weighted by Crippen LogP contribution is -2.35. The highest BCUT2D eigenvalue weighted by molar-refractivity contribution is 8.27. The molecule has 0 fully saturated rings. The summed E-state index contributed by atoms with van der Waals surface area (Å²) in [4.78, 5) is 16.2. The Kier molecular flexibility index (Phi) is 7.58. The van der Waals surface area contributed by atoms with Crippen LogP contribution >= 0.6 is 11.8 Å². The van der Waals surface area contributed by atoms with Crippen molar-refractivity contribution >= 4 is 39.8 Å². The Morgan fingerprint density at radius 1 is 1.03 bits per heavy atom. The van der Waals surface area contributed by atoms with Crippen molar-refractivity contribution in [3.05, 3.63) is 58.7 Å². The average molecular weight is 533 g/mol. The van der Waals surface area contributed by atoms with E-state index in [1.54, 1.807) is 25.1 Å². The Morgan fingerprint density at radius 3 is 2.41 bits per heavy atom. The zero-order valence-corrected chi connectivity index (χ0v) is 21.0. The van der Waals surface area contributed by atoms with Crippen LogP contribution < -0.4 is 14.2 Å². The third-order valence-corrected chi connectivity index (χ3v) is 6.16. The van der Waals surface area contributed by atoms with Crippen LogP contribution in [0.5, 0.6) is 17.2 Å². The van der Waals surface area contributed by atoms with E-state index < -0.39 is 23.0 Å². The normalized spacial score (nSPS) is 16.5. The van der Waals surface area contributed by atoms with Crippen molar-refractivity contribution in [2.24, 2.45) is 10.1 Å². The van der Waals surface area contributed by atoms with Gasteiger partial charge in [-0.3, -0.25) is 10.2 Å². The molecular weight excluding hydrogens is 509 g/mol. The fourth-order valence-electron chi connectivity index (χ4n) is 3.54. The minimum absolute atomic E-state index is 0.200. The minimum Gasteiger partial charge on any atom is -0.490 e. The average Bonchev–Trinajstić information content (AvgIpc) is 3.27. The fraction of sp³-hybridized carbons (Fsp3) is 0.280. The molecule has 2 aliphatic heterocycles. The molecule has 0 spiro atoms. The number of alkyl halides is 3. The summed E-state index contributed by atoms with van der Waals surface area (Å²) >= 11 is 0.203. The first-order valence-corrected chi connectivity index (χ1v) is 12.1. The highest BCUT2D eigenvalue weighted by Crippen LogP contribution is 2.36. The fourth-order valence-corrected chi connectivity index (χ4v) is 4.30. The summed E-state index contributed by atoms with van der Waals surface area (Å²) in [6, 6.07) is 10.8. The Bertz CT molecular complexity index is 1340. The summed E-state index contributed by atoms with van der Waals surface area (Å²) in [5.41, 5.74) is 2.45. The predicted molar refractivity (Wildman–Crippen MR) is 136 cm³/mol. The first-order valence-electron chi connectivity index (χ1n) is 11.2. The van der Waals surface area contributed by atoms with Crippen molar-refractivity contribution in [2.45, 2.75) is 26.9 Å². The Labute approximate surface area is 215 Å². The van der Waals surface area contributed by atoms with E-state index in [0.717, 1.165) is 16.9 Å². The summed E-state index contributed by atoms with van der Waals surface area (Å²) in [6.07, 6.45) is -3.35. The molecule has 2 aliphatic rings. The summed E-state index contributed by atoms with van der Waals surface area (Å²) < 4.78 is 56.3. The van der Waals surface area contributed by atoms with E-state index in [1.165, 1.54) is 6.08 Å². The van der Waals surface area contributed by atoms with Crippen LogP contribution in [-0.4, -0.2) is 53.0 Å². The second kappa shape index (κ2) is 10.7. The molecule has 1 N–H and O–H groups in total. The molecule has 2 heterocycles. The van der Waals surface area contributed by atoms with Gasteiger partial charge in [0.25, 0.3) is 5.91 Å². The third kappa shape index (κ3) is 5.96. The molecule has 194 valence electrons. The van der Waals surface area contributed by atoms with Gasteiger partial charge in [-0.2, -0.15) is 28.3 Å². The molecule has 0 radical (unpaired) electrons. The second-order valence-corrected chi connectivity index (χ2v) is 8.98. The molecule has 2 aromatic carbocycles. The van der Waals surface area contributed by atoms with E-state index in [4.69, 9.17) is 19.6 Å². The number of benzene rings is 2. The number of nitrogens with zero attached hydrogens (tertiary/aromatic N) is 3. The van der Waals surface area contributed by atoms with Gasteiger partial charge in [-0.1, -0.05) is 23.8 Å². The Morgan fingerprint density at radius 2 is 1.73 bits per heavy atom. The standard InChI is InChI=1S/C25H23F3N4O4S/c1-4-34-20-13-16(6-8-19(20)36-10-9-35-18-7-5-14(2)11-15(18)3)12-17-21(29)32-24(30-22(17)33)37-23(31-32)25(26,27)28/h5-8,11-13,29H,4,9-10H2,1-3H3/b17-12-,29-21?. The van der Waals surface area contributed by atoms with E-state index in [2.05, 4.69) is 10.1 Å². The largest absolute Gasteiger partial charge is 0.490 e. The van der Waals surface area contributed by atoms with Crippen molar-refractivity contribution in [1.29, 1.82) is 5.41 Å². The number of carbonyl (C=O) groups excluding carboxylic acids is 1. The van der Waals surface area contributed by atoms with E-state index >= 15 is 0 Å². The maximum absolute atomic E-state index is 13.0. The van der Waals surface area contributed by atoms with Gasteiger partial charge in [0.15, 0.2) is 17.3 Å². The van der Waals surface area contributed by atoms with Crippen LogP contribution in [0.1, 0.15) is 23.6 Å². The molecule has 0 aromatic heterocycles. The zero-order valence-electron chi connectivity index (χ0n) is 20.2. The molecule has 0 atom stereocenters. The number of thioether (sulfide) groups is 1. The van der Waals surface area contributed by atoms with Gasteiger partial charge in [-0.05, 0) is 67.9 Å². The number of amidine groups is 2. The molecule has 0 saturated carbocycles. The topological polar surface area (TPSA) is 96.6 Å². The highest BCUT2D eigenvalue weighted by atomic mass is 32.2. The first kappa shape index (κ1) is 26.3. The van der Waals surface area contributed by atoms with Gasteiger partial charge >= 0.3 is 6.18 Å². The molecule has 12 heteroatoms. The quantitative estimate of drug-likeness (QED) is 0.364. The van der Waals surface area contributed by atoms with Gasteiger partial charge in [0.2, 0.25) is 10.2 Å². The summed E-state index contributed by atoms with van der Waals surface area (Å²) in [6.45, 7) is 6.68. The number of carbonyl (C=O) groups is 1. The van der Waals surface area contributed by atoms with Crippen molar-refractivity contribution in [2.75, 3.05) is 19.8 Å². The molecular formula is C25H23F3N4O4S. The number of nitrogens with one attached hydrogen (secondary N) is 1. The maximum atomic E-state index is 13.0. The number of hydrazone groups is 1. The van der Waals surface area contributed by atoms with Gasteiger partial charge < -0.3 is 14.2 Å². The van der Waals surface area contributed by atoms with Crippen LogP contribution in [0.15, 0.2) is 52.1 Å². The van der Waals surface area contributed by atoms with Crippen molar-refractivity contribution < 1.29 is 32.2 Å². The molecule has 8 nitrogen and oxygen atoms in total. The number of hydrogen-bond acceptors (Lipinski definition) is 7. The van der Waals surface area contributed by atoms with E-state index in [-0.39, 0.29) is 29.1 Å². The summed E-state index contributed by atoms with van der Waals surface area (Å²) in [5.74, 6) is 0.299. The highest BCUT2D eigenvalue weighted by Gasteiger charge is 2.46. The minimum atomic E-state index is -4.70. The van der Waals surface area contributed by atoms with Crippen molar-refractivity contribution in [3.63, 3.8) is 0 Å².